The van der Waals surface area contributed by atoms with Gasteiger partial charge in [-0.1, -0.05) is 0 Å². The predicted molar refractivity (Wildman–Crippen MR) is 57.8 cm³/mol. The number of rotatable bonds is 1. The van der Waals surface area contributed by atoms with Crippen LogP contribution in [0.15, 0.2) is 12.3 Å². The number of aromatic nitrogens is 4. The van der Waals surface area contributed by atoms with Crippen molar-refractivity contribution in [2.45, 2.75) is 20.8 Å². The van der Waals surface area contributed by atoms with E-state index in [1.54, 1.807) is 16.9 Å². The maximum atomic E-state index is 5.60. The van der Waals surface area contributed by atoms with Crippen LogP contribution in [0.3, 0.4) is 0 Å². The van der Waals surface area contributed by atoms with Crippen molar-refractivity contribution in [1.29, 1.82) is 0 Å². The molecule has 0 aliphatic rings. The third-order valence-corrected chi connectivity index (χ3v) is 2.51. The molecular weight excluding hydrogens is 190 g/mol. The summed E-state index contributed by atoms with van der Waals surface area (Å²) in [6, 6.07) is 1.65. The first kappa shape index (κ1) is 9.64. The second kappa shape index (κ2) is 3.34. The summed E-state index contributed by atoms with van der Waals surface area (Å²) >= 11 is 0. The van der Waals surface area contributed by atoms with Crippen LogP contribution in [0.5, 0.6) is 0 Å². The van der Waals surface area contributed by atoms with Gasteiger partial charge in [-0.2, -0.15) is 10.1 Å². The van der Waals surface area contributed by atoms with E-state index in [1.165, 1.54) is 0 Å². The summed E-state index contributed by atoms with van der Waals surface area (Å²) in [4.78, 5) is 8.26. The van der Waals surface area contributed by atoms with Crippen LogP contribution in [0.1, 0.15) is 17.0 Å². The van der Waals surface area contributed by atoms with E-state index in [0.29, 0.717) is 11.8 Å². The fraction of sp³-hybridized carbons (Fsp3) is 0.300. The molecular formula is C10H13N5. The monoisotopic (exact) mass is 203 g/mol. The third-order valence-electron chi connectivity index (χ3n) is 2.51. The molecule has 2 aromatic heterocycles. The van der Waals surface area contributed by atoms with E-state index in [0.717, 1.165) is 17.0 Å². The number of nitrogens with zero attached hydrogens (tertiary/aromatic N) is 4. The van der Waals surface area contributed by atoms with Crippen LogP contribution in [-0.2, 0) is 0 Å². The Hall–Kier alpha value is -1.91. The number of aryl methyl sites for hydroxylation is 1. The molecule has 0 saturated carbocycles. The quantitative estimate of drug-likeness (QED) is 0.755. The molecule has 2 heterocycles. The molecule has 0 atom stereocenters. The third kappa shape index (κ3) is 1.56. The molecule has 0 aliphatic heterocycles. The standard InChI is InChI=1S/C10H13N5/c1-6-7(2)14-15(8(6)3)10-12-5-4-9(11)13-10/h4-5H,1-3H3,(H2,11,12,13). The van der Waals surface area contributed by atoms with E-state index in [2.05, 4.69) is 15.1 Å². The predicted octanol–water partition coefficient (Wildman–Crippen LogP) is 1.17. The number of anilines is 1. The minimum absolute atomic E-state index is 0.449. The minimum atomic E-state index is 0.449. The van der Waals surface area contributed by atoms with Gasteiger partial charge in [0.05, 0.1) is 5.69 Å². The molecule has 2 rings (SSSR count). The molecule has 0 unspecified atom stereocenters. The molecule has 5 nitrogen and oxygen atoms in total. The summed E-state index contributed by atoms with van der Waals surface area (Å²) in [6.07, 6.45) is 1.63. The average molecular weight is 203 g/mol. The smallest absolute Gasteiger partial charge is 0.252 e. The Bertz CT molecular complexity index is 501. The molecule has 15 heavy (non-hydrogen) atoms. The van der Waals surface area contributed by atoms with E-state index in [9.17, 15) is 0 Å². The molecule has 5 heteroatoms. The van der Waals surface area contributed by atoms with Crippen LogP contribution in [0.4, 0.5) is 5.82 Å². The summed E-state index contributed by atoms with van der Waals surface area (Å²) in [5.74, 6) is 0.967. The highest BCUT2D eigenvalue weighted by molar-refractivity contribution is 5.32. The first-order valence-corrected chi connectivity index (χ1v) is 4.71. The largest absolute Gasteiger partial charge is 0.384 e. The lowest BCUT2D eigenvalue weighted by Crippen LogP contribution is -2.06. The molecule has 0 amide bonds. The van der Waals surface area contributed by atoms with Crippen LogP contribution in [0.25, 0.3) is 5.95 Å². The Morgan fingerprint density at radius 3 is 2.53 bits per heavy atom. The fourth-order valence-electron chi connectivity index (χ4n) is 1.38. The van der Waals surface area contributed by atoms with Gasteiger partial charge >= 0.3 is 0 Å². The van der Waals surface area contributed by atoms with Gasteiger partial charge in [-0.05, 0) is 32.4 Å². The summed E-state index contributed by atoms with van der Waals surface area (Å²) in [6.45, 7) is 5.98. The molecule has 2 N–H and O–H groups in total. The van der Waals surface area contributed by atoms with Gasteiger partial charge in [0.1, 0.15) is 5.82 Å². The van der Waals surface area contributed by atoms with E-state index in [1.807, 2.05) is 20.8 Å². The van der Waals surface area contributed by atoms with Gasteiger partial charge in [-0.3, -0.25) is 0 Å². The molecule has 0 fully saturated rings. The van der Waals surface area contributed by atoms with Gasteiger partial charge in [0.25, 0.3) is 5.95 Å². The Kier molecular flexibility index (Phi) is 2.15. The van der Waals surface area contributed by atoms with Crippen LogP contribution in [0.2, 0.25) is 0 Å². The van der Waals surface area contributed by atoms with Crippen molar-refractivity contribution < 1.29 is 0 Å². The molecule has 0 aromatic carbocycles. The summed E-state index contributed by atoms with van der Waals surface area (Å²) in [5, 5.41) is 4.36. The van der Waals surface area contributed by atoms with E-state index < -0.39 is 0 Å². The van der Waals surface area contributed by atoms with Crippen molar-refractivity contribution in [1.82, 2.24) is 19.7 Å². The SMILES string of the molecule is Cc1nn(-c2nccc(N)n2)c(C)c1C. The topological polar surface area (TPSA) is 69.6 Å². The molecule has 0 radical (unpaired) electrons. The summed E-state index contributed by atoms with van der Waals surface area (Å²) in [7, 11) is 0. The number of hydrogen-bond acceptors (Lipinski definition) is 4. The van der Waals surface area contributed by atoms with Gasteiger partial charge in [-0.15, -0.1) is 0 Å². The zero-order valence-corrected chi connectivity index (χ0v) is 9.02. The van der Waals surface area contributed by atoms with Crippen LogP contribution in [0, 0.1) is 20.8 Å². The van der Waals surface area contributed by atoms with E-state index in [-0.39, 0.29) is 0 Å². The maximum Gasteiger partial charge on any atom is 0.252 e. The highest BCUT2D eigenvalue weighted by atomic mass is 15.4. The maximum absolute atomic E-state index is 5.60. The van der Waals surface area contributed by atoms with Gasteiger partial charge in [0.15, 0.2) is 0 Å². The highest BCUT2D eigenvalue weighted by Gasteiger charge is 2.10. The zero-order valence-electron chi connectivity index (χ0n) is 9.02. The molecule has 0 saturated heterocycles. The zero-order chi connectivity index (χ0) is 11.0. The van der Waals surface area contributed by atoms with Crippen molar-refractivity contribution in [3.8, 4) is 5.95 Å². The van der Waals surface area contributed by atoms with Crippen molar-refractivity contribution in [2.24, 2.45) is 0 Å². The number of hydrogen-bond donors (Lipinski definition) is 1. The lowest BCUT2D eigenvalue weighted by Gasteiger charge is -2.02. The van der Waals surface area contributed by atoms with Gasteiger partial charge < -0.3 is 5.73 Å². The van der Waals surface area contributed by atoms with Gasteiger partial charge in [0.2, 0.25) is 0 Å². The molecule has 2 aromatic rings. The van der Waals surface area contributed by atoms with E-state index in [4.69, 9.17) is 5.73 Å². The highest BCUT2D eigenvalue weighted by Crippen LogP contribution is 2.14. The first-order chi connectivity index (χ1) is 7.09. The van der Waals surface area contributed by atoms with Crippen LogP contribution >= 0.6 is 0 Å². The lowest BCUT2D eigenvalue weighted by atomic mass is 10.2. The first-order valence-electron chi connectivity index (χ1n) is 4.71. The van der Waals surface area contributed by atoms with Crippen LogP contribution in [-0.4, -0.2) is 19.7 Å². The van der Waals surface area contributed by atoms with Crippen molar-refractivity contribution in [2.75, 3.05) is 5.73 Å². The second-order valence-corrected chi connectivity index (χ2v) is 3.49. The van der Waals surface area contributed by atoms with Crippen LogP contribution < -0.4 is 5.73 Å². The van der Waals surface area contributed by atoms with Crippen molar-refractivity contribution in [3.63, 3.8) is 0 Å². The molecule has 0 bridgehead atoms. The number of nitrogen functional groups attached to an aromatic ring is 1. The summed E-state index contributed by atoms with van der Waals surface area (Å²) in [5.41, 5.74) is 8.78. The Balaban J connectivity index is 2.59. The Morgan fingerprint density at radius 2 is 2.00 bits per heavy atom. The lowest BCUT2D eigenvalue weighted by molar-refractivity contribution is 0.775. The Labute approximate surface area is 88.0 Å². The van der Waals surface area contributed by atoms with E-state index >= 15 is 0 Å². The molecule has 78 valence electrons. The molecule has 0 aliphatic carbocycles. The normalized spacial score (nSPS) is 10.6. The number of nitrogens with two attached hydrogens (primary N) is 1. The molecule has 0 spiro atoms. The average Bonchev–Trinajstić information content (AvgIpc) is 2.46. The minimum Gasteiger partial charge on any atom is -0.384 e. The Morgan fingerprint density at radius 1 is 1.27 bits per heavy atom. The van der Waals surface area contributed by atoms with Crippen molar-refractivity contribution >= 4 is 5.82 Å². The fourth-order valence-corrected chi connectivity index (χ4v) is 1.38. The summed E-state index contributed by atoms with van der Waals surface area (Å²) < 4.78 is 1.71. The van der Waals surface area contributed by atoms with Gasteiger partial charge in [-0.25, -0.2) is 9.67 Å². The van der Waals surface area contributed by atoms with Crippen molar-refractivity contribution in [3.05, 3.63) is 29.2 Å². The van der Waals surface area contributed by atoms with Gasteiger partial charge in [0, 0.05) is 11.9 Å². The second-order valence-electron chi connectivity index (χ2n) is 3.49.